The lowest BCUT2D eigenvalue weighted by Gasteiger charge is -2.32. The van der Waals surface area contributed by atoms with Crippen LogP contribution in [0.15, 0.2) is 76.9 Å². The minimum atomic E-state index is 0.280. The van der Waals surface area contributed by atoms with Crippen LogP contribution in [0.25, 0.3) is 0 Å². The fourth-order valence-electron chi connectivity index (χ4n) is 3.72. The van der Waals surface area contributed by atoms with Crippen molar-refractivity contribution in [1.29, 1.82) is 0 Å². The lowest BCUT2D eigenvalue weighted by molar-refractivity contribution is 0.148. The van der Waals surface area contributed by atoms with Crippen molar-refractivity contribution in [2.75, 3.05) is 6.61 Å². The topological polar surface area (TPSA) is 9.23 Å². The predicted octanol–water partition coefficient (Wildman–Crippen LogP) is 9.04. The summed E-state index contributed by atoms with van der Waals surface area (Å²) in [6.45, 7) is 12.1. The Morgan fingerprint density at radius 1 is 1.10 bits per heavy atom. The first-order valence-electron chi connectivity index (χ1n) is 10.6. The molecule has 2 rings (SSSR count). The molecule has 0 saturated heterocycles. The van der Waals surface area contributed by atoms with E-state index < -0.39 is 0 Å². The number of halogens is 2. The Labute approximate surface area is 192 Å². The predicted molar refractivity (Wildman–Crippen MR) is 132 cm³/mol. The van der Waals surface area contributed by atoms with E-state index in [0.717, 1.165) is 11.1 Å². The summed E-state index contributed by atoms with van der Waals surface area (Å²) in [6.07, 6.45) is 16.7. The third-order valence-corrected chi connectivity index (χ3v) is 6.31. The van der Waals surface area contributed by atoms with E-state index >= 15 is 0 Å². The molecule has 0 bridgehead atoms. The van der Waals surface area contributed by atoms with Crippen LogP contribution in [0.3, 0.4) is 0 Å². The van der Waals surface area contributed by atoms with Crippen LogP contribution >= 0.6 is 23.2 Å². The van der Waals surface area contributed by atoms with Crippen molar-refractivity contribution >= 4 is 23.2 Å². The molecule has 30 heavy (non-hydrogen) atoms. The number of hydrogen-bond acceptors (Lipinski definition) is 1. The van der Waals surface area contributed by atoms with Gasteiger partial charge in [0.05, 0.1) is 13.2 Å². The molecule has 0 aliphatic heterocycles. The van der Waals surface area contributed by atoms with Crippen LogP contribution in [0.1, 0.15) is 59.4 Å². The summed E-state index contributed by atoms with van der Waals surface area (Å²) < 4.78 is 5.70. The van der Waals surface area contributed by atoms with Gasteiger partial charge in [-0.2, -0.15) is 0 Å². The molecule has 1 aliphatic carbocycles. The average Bonchev–Trinajstić information content (AvgIpc) is 2.66. The average molecular weight is 445 g/mol. The first-order valence-corrected chi connectivity index (χ1v) is 11.4. The molecule has 0 amide bonds. The zero-order valence-electron chi connectivity index (χ0n) is 18.9. The van der Waals surface area contributed by atoms with E-state index in [0.29, 0.717) is 23.3 Å². The van der Waals surface area contributed by atoms with Crippen LogP contribution in [0.2, 0.25) is 10.0 Å². The van der Waals surface area contributed by atoms with Gasteiger partial charge in [-0.25, -0.2) is 0 Å². The van der Waals surface area contributed by atoms with Crippen LogP contribution in [-0.2, 0) is 11.3 Å². The highest BCUT2D eigenvalue weighted by Crippen LogP contribution is 2.40. The summed E-state index contributed by atoms with van der Waals surface area (Å²) in [4.78, 5) is 0. The van der Waals surface area contributed by atoms with Crippen LogP contribution in [0.4, 0.5) is 0 Å². The Kier molecular flexibility index (Phi) is 9.68. The van der Waals surface area contributed by atoms with Gasteiger partial charge in [0.15, 0.2) is 0 Å². The molecular formula is C27H34Cl2O. The second-order valence-corrected chi connectivity index (χ2v) is 9.51. The highest BCUT2D eigenvalue weighted by molar-refractivity contribution is 6.35. The van der Waals surface area contributed by atoms with E-state index in [-0.39, 0.29) is 5.41 Å². The molecule has 3 heteroatoms. The van der Waals surface area contributed by atoms with Crippen LogP contribution in [0.5, 0.6) is 0 Å². The fourth-order valence-corrected chi connectivity index (χ4v) is 4.23. The van der Waals surface area contributed by atoms with Crippen molar-refractivity contribution in [1.82, 2.24) is 0 Å². The van der Waals surface area contributed by atoms with Gasteiger partial charge in [0.2, 0.25) is 0 Å². The quantitative estimate of drug-likeness (QED) is 0.286. The smallest absolute Gasteiger partial charge is 0.0750 e. The Balaban J connectivity index is 1.86. The summed E-state index contributed by atoms with van der Waals surface area (Å²) in [7, 11) is 0. The highest BCUT2D eigenvalue weighted by Gasteiger charge is 2.26. The van der Waals surface area contributed by atoms with E-state index in [1.807, 2.05) is 18.2 Å². The van der Waals surface area contributed by atoms with Gasteiger partial charge in [-0.05, 0) is 63.2 Å². The third kappa shape index (κ3) is 7.61. The summed E-state index contributed by atoms with van der Waals surface area (Å²) in [5, 5.41) is 1.28. The second-order valence-electron chi connectivity index (χ2n) is 8.70. The van der Waals surface area contributed by atoms with Gasteiger partial charge in [0.25, 0.3) is 0 Å². The first-order chi connectivity index (χ1) is 14.2. The van der Waals surface area contributed by atoms with Gasteiger partial charge < -0.3 is 4.74 Å². The lowest BCUT2D eigenvalue weighted by atomic mass is 9.72. The van der Waals surface area contributed by atoms with E-state index in [4.69, 9.17) is 27.9 Å². The Morgan fingerprint density at radius 2 is 1.80 bits per heavy atom. The first kappa shape index (κ1) is 24.7. The minimum Gasteiger partial charge on any atom is -0.373 e. The molecule has 0 heterocycles. The van der Waals surface area contributed by atoms with Crippen LogP contribution < -0.4 is 0 Å². The molecule has 1 aromatic rings. The molecule has 0 radical (unpaired) electrons. The van der Waals surface area contributed by atoms with Gasteiger partial charge in [0.1, 0.15) is 0 Å². The minimum absolute atomic E-state index is 0.280. The van der Waals surface area contributed by atoms with Crippen molar-refractivity contribution in [3.05, 3.63) is 92.6 Å². The third-order valence-electron chi connectivity index (χ3n) is 5.60. The van der Waals surface area contributed by atoms with E-state index in [1.165, 1.54) is 36.0 Å². The molecule has 0 aromatic heterocycles. The molecule has 1 aromatic carbocycles. The summed E-state index contributed by atoms with van der Waals surface area (Å²) in [5.74, 6) is 0. The Morgan fingerprint density at radius 3 is 2.47 bits per heavy atom. The zero-order chi connectivity index (χ0) is 22.1. The maximum absolute atomic E-state index is 6.16. The van der Waals surface area contributed by atoms with Gasteiger partial charge in [-0.3, -0.25) is 0 Å². The van der Waals surface area contributed by atoms with E-state index in [1.54, 1.807) is 0 Å². The molecule has 1 aliphatic rings. The monoisotopic (exact) mass is 444 g/mol. The van der Waals surface area contributed by atoms with Crippen molar-refractivity contribution in [3.63, 3.8) is 0 Å². The summed E-state index contributed by atoms with van der Waals surface area (Å²) in [6, 6.07) is 5.49. The number of rotatable bonds is 8. The molecule has 0 atom stereocenters. The number of benzene rings is 1. The van der Waals surface area contributed by atoms with Gasteiger partial charge in [-0.15, -0.1) is 0 Å². The van der Waals surface area contributed by atoms with Crippen molar-refractivity contribution in [2.45, 2.75) is 60.5 Å². The highest BCUT2D eigenvalue weighted by atomic mass is 35.5. The number of hydrogen-bond donors (Lipinski definition) is 0. The Bertz CT molecular complexity index is 862. The molecule has 1 nitrogen and oxygen atoms in total. The second kappa shape index (κ2) is 11.7. The molecule has 0 saturated carbocycles. The summed E-state index contributed by atoms with van der Waals surface area (Å²) in [5.41, 5.74) is 6.53. The maximum atomic E-state index is 6.16. The largest absolute Gasteiger partial charge is 0.373 e. The molecule has 162 valence electrons. The van der Waals surface area contributed by atoms with Crippen molar-refractivity contribution in [2.24, 2.45) is 5.41 Å². The van der Waals surface area contributed by atoms with E-state index in [9.17, 15) is 0 Å². The van der Waals surface area contributed by atoms with Crippen molar-refractivity contribution < 1.29 is 4.74 Å². The molecule has 0 spiro atoms. The SMILES string of the molecule is CC1=C(/C=C/C(C)=C/C=C/C(C)=C/COCc2c(Cl)cccc2Cl)C(C)(C)CCC1. The van der Waals surface area contributed by atoms with E-state index in [2.05, 4.69) is 71.1 Å². The number of allylic oxidation sites excluding steroid dienone is 9. The molecule has 0 N–H and O–H groups in total. The van der Waals surface area contributed by atoms with Crippen LogP contribution in [-0.4, -0.2) is 6.61 Å². The van der Waals surface area contributed by atoms with Gasteiger partial charge >= 0.3 is 0 Å². The molecule has 0 fully saturated rings. The zero-order valence-corrected chi connectivity index (χ0v) is 20.4. The Hall–Kier alpha value is -1.54. The molecular weight excluding hydrogens is 411 g/mol. The normalized spacial score (nSPS) is 18.1. The standard InChI is InChI=1S/C27H34Cl2O/c1-20(14-15-24-22(3)11-8-17-27(24,4)5)9-6-10-21(2)16-18-30-19-23-25(28)12-7-13-26(23)29/h6-7,9-10,12-16H,8,11,17-19H2,1-5H3/b10-6+,15-14+,20-9+,21-16+. The number of ether oxygens (including phenoxy) is 1. The lowest BCUT2D eigenvalue weighted by Crippen LogP contribution is -2.19. The molecule has 0 unspecified atom stereocenters. The van der Waals surface area contributed by atoms with Gasteiger partial charge in [0, 0.05) is 15.6 Å². The van der Waals surface area contributed by atoms with Crippen LogP contribution in [0, 0.1) is 5.41 Å². The maximum Gasteiger partial charge on any atom is 0.0750 e. The summed E-state index contributed by atoms with van der Waals surface area (Å²) >= 11 is 12.3. The fraction of sp³-hybridized carbons (Fsp3) is 0.407. The van der Waals surface area contributed by atoms with Gasteiger partial charge in [-0.1, -0.05) is 96.3 Å². The van der Waals surface area contributed by atoms with Crippen molar-refractivity contribution in [3.8, 4) is 0 Å².